The van der Waals surface area contributed by atoms with Crippen molar-refractivity contribution in [3.8, 4) is 5.75 Å². The average Bonchev–Trinajstić information content (AvgIpc) is 2.66. The van der Waals surface area contributed by atoms with Crippen LogP contribution < -0.4 is 21.5 Å². The topological polar surface area (TPSA) is 117 Å². The first kappa shape index (κ1) is 21.7. The maximum Gasteiger partial charge on any atom is 0.328 e. The van der Waals surface area contributed by atoms with Gasteiger partial charge in [-0.15, -0.1) is 0 Å². The number of amides is 1. The number of rotatable bonds is 12. The van der Waals surface area contributed by atoms with Crippen LogP contribution in [0.2, 0.25) is 0 Å². The summed E-state index contributed by atoms with van der Waals surface area (Å²) in [5.41, 5.74) is 12.2. The fourth-order valence-electron chi connectivity index (χ4n) is 2.37. The van der Waals surface area contributed by atoms with Gasteiger partial charge in [0.2, 0.25) is 5.91 Å². The lowest BCUT2D eigenvalue weighted by Crippen LogP contribution is -2.49. The highest BCUT2D eigenvalue weighted by Crippen LogP contribution is 2.14. The number of nitrogens with one attached hydrogen (secondary N) is 1. The Morgan fingerprint density at radius 3 is 2.54 bits per heavy atom. The summed E-state index contributed by atoms with van der Waals surface area (Å²) < 4.78 is 10.2. The van der Waals surface area contributed by atoms with E-state index in [0.717, 1.165) is 18.4 Å². The monoisotopic (exact) mass is 363 g/mol. The standard InChI is InChI=1S/C19H29N3O4/c1-3-12-26-15-9-7-14(8-10-15)13-17(19(24)25-2)22-18(23)16(21)6-4-5-11-20/h3,7-10,16-17H,1,4-6,11-13,20-21H2,2H3,(H,22,23)/t16-,17+/m1/s1. The number of hydrogen-bond donors (Lipinski definition) is 3. The number of carbonyl (C=O) groups is 2. The lowest BCUT2D eigenvalue weighted by Gasteiger charge is -2.19. The highest BCUT2D eigenvalue weighted by molar-refractivity contribution is 5.87. The van der Waals surface area contributed by atoms with Gasteiger partial charge in [0.05, 0.1) is 13.2 Å². The summed E-state index contributed by atoms with van der Waals surface area (Å²) in [5, 5.41) is 2.68. The molecule has 0 aromatic heterocycles. The van der Waals surface area contributed by atoms with Crippen LogP contribution in [-0.4, -0.2) is 44.2 Å². The van der Waals surface area contributed by atoms with E-state index in [1.54, 1.807) is 18.2 Å². The quantitative estimate of drug-likeness (QED) is 0.289. The molecule has 1 aromatic carbocycles. The van der Waals surface area contributed by atoms with Crippen LogP contribution in [0, 0.1) is 0 Å². The molecule has 0 aliphatic carbocycles. The van der Waals surface area contributed by atoms with Crippen molar-refractivity contribution in [2.45, 2.75) is 37.8 Å². The molecule has 144 valence electrons. The van der Waals surface area contributed by atoms with Gasteiger partial charge in [0, 0.05) is 6.42 Å². The van der Waals surface area contributed by atoms with Gasteiger partial charge in [-0.2, -0.15) is 0 Å². The molecule has 0 saturated heterocycles. The lowest BCUT2D eigenvalue weighted by molar-refractivity contribution is -0.145. The van der Waals surface area contributed by atoms with Crippen molar-refractivity contribution in [1.29, 1.82) is 0 Å². The second kappa shape index (κ2) is 12.1. The molecule has 0 aliphatic rings. The molecule has 0 spiro atoms. The van der Waals surface area contributed by atoms with Crippen molar-refractivity contribution in [2.75, 3.05) is 20.3 Å². The summed E-state index contributed by atoms with van der Waals surface area (Å²) in [7, 11) is 1.29. The Bertz CT molecular complexity index is 575. The van der Waals surface area contributed by atoms with Crippen molar-refractivity contribution >= 4 is 11.9 Å². The summed E-state index contributed by atoms with van der Waals surface area (Å²) in [6.07, 6.45) is 4.05. The Hall–Kier alpha value is -2.38. The summed E-state index contributed by atoms with van der Waals surface area (Å²) in [4.78, 5) is 24.2. The van der Waals surface area contributed by atoms with Crippen LogP contribution in [0.1, 0.15) is 24.8 Å². The van der Waals surface area contributed by atoms with Crippen LogP contribution in [0.5, 0.6) is 5.75 Å². The van der Waals surface area contributed by atoms with Gasteiger partial charge in [-0.05, 0) is 37.1 Å². The molecule has 7 nitrogen and oxygen atoms in total. The van der Waals surface area contributed by atoms with Crippen molar-refractivity contribution in [3.63, 3.8) is 0 Å². The Labute approximate surface area is 154 Å². The number of benzene rings is 1. The van der Waals surface area contributed by atoms with Crippen molar-refractivity contribution in [3.05, 3.63) is 42.5 Å². The molecule has 0 fully saturated rings. The van der Waals surface area contributed by atoms with Gasteiger partial charge in [0.1, 0.15) is 18.4 Å². The van der Waals surface area contributed by atoms with E-state index in [-0.39, 0.29) is 5.91 Å². The largest absolute Gasteiger partial charge is 0.490 e. The Kier molecular flexibility index (Phi) is 10.0. The van der Waals surface area contributed by atoms with Gasteiger partial charge in [-0.1, -0.05) is 31.2 Å². The molecule has 0 radical (unpaired) electrons. The minimum absolute atomic E-state index is 0.301. The predicted molar refractivity (Wildman–Crippen MR) is 101 cm³/mol. The maximum atomic E-state index is 12.2. The Balaban J connectivity index is 2.67. The molecule has 0 bridgehead atoms. The van der Waals surface area contributed by atoms with E-state index < -0.39 is 18.1 Å². The highest BCUT2D eigenvalue weighted by Gasteiger charge is 2.24. The van der Waals surface area contributed by atoms with Crippen LogP contribution in [0.25, 0.3) is 0 Å². The van der Waals surface area contributed by atoms with E-state index in [9.17, 15) is 9.59 Å². The fourth-order valence-corrected chi connectivity index (χ4v) is 2.37. The zero-order chi connectivity index (χ0) is 19.4. The van der Waals surface area contributed by atoms with Crippen LogP contribution in [0.3, 0.4) is 0 Å². The first-order valence-corrected chi connectivity index (χ1v) is 8.68. The van der Waals surface area contributed by atoms with Crippen LogP contribution in [-0.2, 0) is 20.7 Å². The second-order valence-corrected chi connectivity index (χ2v) is 5.92. The number of hydrogen-bond acceptors (Lipinski definition) is 6. The van der Waals surface area contributed by atoms with Crippen molar-refractivity contribution in [2.24, 2.45) is 11.5 Å². The molecule has 5 N–H and O–H groups in total. The molecule has 0 saturated carbocycles. The number of methoxy groups -OCH3 is 1. The third-order valence-electron chi connectivity index (χ3n) is 3.84. The minimum Gasteiger partial charge on any atom is -0.490 e. The van der Waals surface area contributed by atoms with Crippen molar-refractivity contribution < 1.29 is 19.1 Å². The second-order valence-electron chi connectivity index (χ2n) is 5.92. The molecular formula is C19H29N3O4. The molecule has 1 aromatic rings. The SMILES string of the molecule is C=CCOc1ccc(C[C@H](NC(=O)[C@H](N)CCCCN)C(=O)OC)cc1. The van der Waals surface area contributed by atoms with Gasteiger partial charge in [-0.3, -0.25) is 4.79 Å². The summed E-state index contributed by atoms with van der Waals surface area (Å²) in [6.45, 7) is 4.57. The van der Waals surface area contributed by atoms with Crippen LogP contribution in [0.4, 0.5) is 0 Å². The first-order chi connectivity index (χ1) is 12.5. The fraction of sp³-hybridized carbons (Fsp3) is 0.474. The molecule has 0 aliphatic heterocycles. The van der Waals surface area contributed by atoms with Gasteiger partial charge in [-0.25, -0.2) is 4.79 Å². The smallest absolute Gasteiger partial charge is 0.328 e. The van der Waals surface area contributed by atoms with E-state index in [0.29, 0.717) is 31.7 Å². The number of carbonyl (C=O) groups excluding carboxylic acids is 2. The summed E-state index contributed by atoms with van der Waals surface area (Å²) in [6, 6.07) is 5.79. The molecule has 2 atom stereocenters. The van der Waals surface area contributed by atoms with Gasteiger partial charge < -0.3 is 26.3 Å². The highest BCUT2D eigenvalue weighted by atomic mass is 16.5. The number of unbranched alkanes of at least 4 members (excludes halogenated alkanes) is 1. The van der Waals surface area contributed by atoms with E-state index >= 15 is 0 Å². The van der Waals surface area contributed by atoms with E-state index in [1.165, 1.54) is 7.11 Å². The summed E-state index contributed by atoms with van der Waals surface area (Å²) >= 11 is 0. The zero-order valence-electron chi connectivity index (χ0n) is 15.3. The van der Waals surface area contributed by atoms with Crippen LogP contribution >= 0.6 is 0 Å². The molecule has 26 heavy (non-hydrogen) atoms. The molecular weight excluding hydrogens is 334 g/mol. The zero-order valence-corrected chi connectivity index (χ0v) is 15.3. The van der Waals surface area contributed by atoms with Crippen LogP contribution in [0.15, 0.2) is 36.9 Å². The third kappa shape index (κ3) is 7.67. The van der Waals surface area contributed by atoms with Crippen molar-refractivity contribution in [1.82, 2.24) is 5.32 Å². The van der Waals surface area contributed by atoms with Gasteiger partial charge >= 0.3 is 5.97 Å². The maximum absolute atomic E-state index is 12.2. The number of ether oxygens (including phenoxy) is 2. The minimum atomic E-state index is -0.798. The molecule has 7 heteroatoms. The van der Waals surface area contributed by atoms with Gasteiger partial charge in [0.15, 0.2) is 0 Å². The van der Waals surface area contributed by atoms with E-state index in [4.69, 9.17) is 20.9 Å². The molecule has 0 unspecified atom stereocenters. The van der Waals surface area contributed by atoms with E-state index in [1.807, 2.05) is 12.1 Å². The lowest BCUT2D eigenvalue weighted by atomic mass is 10.0. The number of esters is 1. The summed E-state index contributed by atoms with van der Waals surface area (Å²) in [5.74, 6) is -0.183. The third-order valence-corrected chi connectivity index (χ3v) is 3.84. The van der Waals surface area contributed by atoms with E-state index in [2.05, 4.69) is 11.9 Å². The Morgan fingerprint density at radius 2 is 1.96 bits per heavy atom. The molecule has 1 amide bonds. The molecule has 1 rings (SSSR count). The normalized spacial score (nSPS) is 12.7. The molecule has 0 heterocycles. The first-order valence-electron chi connectivity index (χ1n) is 8.68. The number of nitrogens with two attached hydrogens (primary N) is 2. The average molecular weight is 363 g/mol. The Morgan fingerprint density at radius 1 is 1.27 bits per heavy atom. The van der Waals surface area contributed by atoms with Gasteiger partial charge in [0.25, 0.3) is 0 Å². The predicted octanol–water partition coefficient (Wildman–Crippen LogP) is 0.908.